The number of hydrogen-bond donors (Lipinski definition) is 1. The number of fused-ring (bicyclic) bond motifs is 3. The molecule has 3 heterocycles. The SMILES string of the molecule is COc1ncc(Cl)cc1-c1c(F)cc2c(c1C)-n1c(C)nnc1C(C)(C)N2. The van der Waals surface area contributed by atoms with Crippen LogP contribution in [0.15, 0.2) is 18.3 Å². The van der Waals surface area contributed by atoms with Crippen molar-refractivity contribution in [1.29, 1.82) is 0 Å². The molecule has 0 saturated heterocycles. The molecule has 0 radical (unpaired) electrons. The van der Waals surface area contributed by atoms with E-state index in [0.717, 1.165) is 22.9 Å². The van der Waals surface area contributed by atoms with Gasteiger partial charge in [-0.25, -0.2) is 9.37 Å². The third-order valence-electron chi connectivity index (χ3n) is 4.83. The van der Waals surface area contributed by atoms with E-state index in [1.807, 2.05) is 32.3 Å². The van der Waals surface area contributed by atoms with Crippen LogP contribution in [0.4, 0.5) is 10.1 Å². The first-order valence-corrected chi connectivity index (χ1v) is 8.86. The van der Waals surface area contributed by atoms with Crippen molar-refractivity contribution in [1.82, 2.24) is 19.7 Å². The molecule has 2 aromatic heterocycles. The van der Waals surface area contributed by atoms with Gasteiger partial charge in [-0.1, -0.05) is 11.6 Å². The highest BCUT2D eigenvalue weighted by Crippen LogP contribution is 2.44. The van der Waals surface area contributed by atoms with Gasteiger partial charge in [0.15, 0.2) is 5.82 Å². The first-order chi connectivity index (χ1) is 12.7. The average Bonchev–Trinajstić information content (AvgIpc) is 2.97. The van der Waals surface area contributed by atoms with Gasteiger partial charge in [0.25, 0.3) is 0 Å². The Kier molecular flexibility index (Phi) is 3.89. The molecule has 0 fully saturated rings. The molecule has 1 N–H and O–H groups in total. The van der Waals surface area contributed by atoms with Gasteiger partial charge >= 0.3 is 0 Å². The number of aryl methyl sites for hydroxylation is 1. The van der Waals surface area contributed by atoms with E-state index in [2.05, 4.69) is 20.5 Å². The van der Waals surface area contributed by atoms with Crippen molar-refractivity contribution >= 4 is 17.3 Å². The maximum atomic E-state index is 15.2. The molecule has 4 rings (SSSR count). The third-order valence-corrected chi connectivity index (χ3v) is 5.04. The number of nitrogens with zero attached hydrogens (tertiary/aromatic N) is 4. The minimum Gasteiger partial charge on any atom is -0.481 e. The highest BCUT2D eigenvalue weighted by atomic mass is 35.5. The van der Waals surface area contributed by atoms with Gasteiger partial charge in [0, 0.05) is 17.3 Å². The molecular weight excluding hydrogens is 369 g/mol. The quantitative estimate of drug-likeness (QED) is 0.705. The van der Waals surface area contributed by atoms with Crippen molar-refractivity contribution in [3.63, 3.8) is 0 Å². The van der Waals surface area contributed by atoms with E-state index in [4.69, 9.17) is 16.3 Å². The molecule has 0 saturated carbocycles. The van der Waals surface area contributed by atoms with Gasteiger partial charge < -0.3 is 10.1 Å². The van der Waals surface area contributed by atoms with Crippen LogP contribution in [-0.2, 0) is 5.54 Å². The van der Waals surface area contributed by atoms with Crippen LogP contribution in [0, 0.1) is 19.7 Å². The third kappa shape index (κ3) is 2.56. The summed E-state index contributed by atoms with van der Waals surface area (Å²) in [4.78, 5) is 4.17. The Bertz CT molecular complexity index is 1080. The molecule has 6 nitrogen and oxygen atoms in total. The molecule has 140 valence electrons. The van der Waals surface area contributed by atoms with Gasteiger partial charge in [-0.05, 0) is 45.4 Å². The second-order valence-electron chi connectivity index (χ2n) is 7.12. The van der Waals surface area contributed by atoms with Crippen LogP contribution in [0.1, 0.15) is 31.1 Å². The van der Waals surface area contributed by atoms with Gasteiger partial charge in [-0.15, -0.1) is 10.2 Å². The van der Waals surface area contributed by atoms with Crippen LogP contribution in [-0.4, -0.2) is 26.9 Å². The van der Waals surface area contributed by atoms with E-state index >= 15 is 4.39 Å². The van der Waals surface area contributed by atoms with Crippen molar-refractivity contribution < 1.29 is 9.13 Å². The van der Waals surface area contributed by atoms with Crippen molar-refractivity contribution in [2.45, 2.75) is 33.2 Å². The lowest BCUT2D eigenvalue weighted by Gasteiger charge is -2.35. The van der Waals surface area contributed by atoms with E-state index in [1.54, 1.807) is 6.07 Å². The number of methoxy groups -OCH3 is 1. The summed E-state index contributed by atoms with van der Waals surface area (Å²) in [7, 11) is 1.50. The van der Waals surface area contributed by atoms with Gasteiger partial charge in [0.1, 0.15) is 11.6 Å². The maximum absolute atomic E-state index is 15.2. The van der Waals surface area contributed by atoms with Gasteiger partial charge in [0.2, 0.25) is 5.88 Å². The summed E-state index contributed by atoms with van der Waals surface area (Å²) in [5.41, 5.74) is 2.62. The summed E-state index contributed by atoms with van der Waals surface area (Å²) < 4.78 is 22.5. The number of nitrogens with one attached hydrogen (secondary N) is 1. The summed E-state index contributed by atoms with van der Waals surface area (Å²) >= 11 is 6.12. The molecule has 1 aliphatic rings. The van der Waals surface area contributed by atoms with Crippen LogP contribution < -0.4 is 10.1 Å². The Hall–Kier alpha value is -2.67. The first-order valence-electron chi connectivity index (χ1n) is 8.48. The molecule has 0 unspecified atom stereocenters. The molecule has 1 aliphatic heterocycles. The predicted octanol–water partition coefficient (Wildman–Crippen LogP) is 4.41. The van der Waals surface area contributed by atoms with Crippen LogP contribution in [0.3, 0.4) is 0 Å². The predicted molar refractivity (Wildman–Crippen MR) is 102 cm³/mol. The zero-order valence-electron chi connectivity index (χ0n) is 15.7. The average molecular weight is 388 g/mol. The van der Waals surface area contributed by atoms with E-state index < -0.39 is 5.54 Å². The Morgan fingerprint density at radius 2 is 1.96 bits per heavy atom. The largest absolute Gasteiger partial charge is 0.481 e. The van der Waals surface area contributed by atoms with Gasteiger partial charge in [-0.2, -0.15) is 0 Å². The summed E-state index contributed by atoms with van der Waals surface area (Å²) in [6, 6.07) is 3.15. The van der Waals surface area contributed by atoms with Crippen LogP contribution >= 0.6 is 11.6 Å². The number of halogens is 2. The van der Waals surface area contributed by atoms with Crippen LogP contribution in [0.25, 0.3) is 16.8 Å². The second-order valence-corrected chi connectivity index (χ2v) is 7.56. The number of anilines is 1. The number of aromatic nitrogens is 4. The summed E-state index contributed by atoms with van der Waals surface area (Å²) in [6.45, 7) is 7.72. The molecule has 0 bridgehead atoms. The van der Waals surface area contributed by atoms with Gasteiger partial charge in [0.05, 0.1) is 29.0 Å². The molecule has 1 aromatic carbocycles. The van der Waals surface area contributed by atoms with Gasteiger partial charge in [-0.3, -0.25) is 4.57 Å². The highest BCUT2D eigenvalue weighted by Gasteiger charge is 2.36. The molecule has 0 spiro atoms. The molecule has 27 heavy (non-hydrogen) atoms. The van der Waals surface area contributed by atoms with E-state index in [9.17, 15) is 0 Å². The Morgan fingerprint density at radius 3 is 2.67 bits per heavy atom. The fourth-order valence-corrected chi connectivity index (χ4v) is 3.83. The molecular formula is C19H19ClFN5O. The second kappa shape index (κ2) is 5.92. The zero-order valence-corrected chi connectivity index (χ0v) is 16.4. The molecule has 3 aromatic rings. The Balaban J connectivity index is 2.06. The maximum Gasteiger partial charge on any atom is 0.221 e. The molecule has 0 aliphatic carbocycles. The minimum absolute atomic E-state index is 0.311. The number of hydrogen-bond acceptors (Lipinski definition) is 5. The van der Waals surface area contributed by atoms with Crippen LogP contribution in [0.5, 0.6) is 5.88 Å². The minimum atomic E-state index is -0.482. The molecule has 8 heteroatoms. The lowest BCUT2D eigenvalue weighted by molar-refractivity contribution is 0.399. The lowest BCUT2D eigenvalue weighted by atomic mass is 9.93. The van der Waals surface area contributed by atoms with E-state index in [0.29, 0.717) is 27.7 Å². The number of pyridine rings is 1. The normalized spacial score (nSPS) is 14.3. The number of ether oxygens (including phenoxy) is 1. The fourth-order valence-electron chi connectivity index (χ4n) is 3.68. The molecule has 0 amide bonds. The van der Waals surface area contributed by atoms with Crippen molar-refractivity contribution in [2.24, 2.45) is 0 Å². The number of benzene rings is 1. The highest BCUT2D eigenvalue weighted by molar-refractivity contribution is 6.30. The lowest BCUT2D eigenvalue weighted by Crippen LogP contribution is -2.36. The summed E-state index contributed by atoms with van der Waals surface area (Å²) in [5, 5.41) is 12.3. The van der Waals surface area contributed by atoms with Crippen molar-refractivity contribution in [2.75, 3.05) is 12.4 Å². The van der Waals surface area contributed by atoms with Crippen LogP contribution in [0.2, 0.25) is 5.02 Å². The smallest absolute Gasteiger partial charge is 0.221 e. The summed E-state index contributed by atoms with van der Waals surface area (Å²) in [5.74, 6) is 1.43. The van der Waals surface area contributed by atoms with Crippen molar-refractivity contribution in [3.05, 3.63) is 46.4 Å². The first kappa shape index (κ1) is 17.7. The zero-order chi connectivity index (χ0) is 19.5. The monoisotopic (exact) mass is 387 g/mol. The topological polar surface area (TPSA) is 64.9 Å². The molecule has 0 atom stereocenters. The van der Waals surface area contributed by atoms with E-state index in [-0.39, 0.29) is 5.82 Å². The standard InChI is InChI=1S/C19H19ClFN5O/c1-9-15(12-6-11(20)8-22-17(12)27-5)13(21)7-14-16(9)26-10(2)24-25-18(26)19(3,4)23-14/h6-8,23H,1-5H3. The van der Waals surface area contributed by atoms with E-state index in [1.165, 1.54) is 19.4 Å². The summed E-state index contributed by atoms with van der Waals surface area (Å²) in [6.07, 6.45) is 1.47. The van der Waals surface area contributed by atoms with Crippen molar-refractivity contribution in [3.8, 4) is 22.7 Å². The number of rotatable bonds is 2. The fraction of sp³-hybridized carbons (Fsp3) is 0.316. The Labute approximate surface area is 161 Å². The Morgan fingerprint density at radius 1 is 1.22 bits per heavy atom.